The van der Waals surface area contributed by atoms with Crippen molar-refractivity contribution >= 4 is 27.8 Å². The van der Waals surface area contributed by atoms with Crippen LogP contribution in [0.5, 0.6) is 11.5 Å². The van der Waals surface area contributed by atoms with Crippen LogP contribution in [0.1, 0.15) is 15.9 Å². The molecule has 3 rings (SSSR count). The fourth-order valence-electron chi connectivity index (χ4n) is 2.01. The van der Waals surface area contributed by atoms with Gasteiger partial charge in [-0.3, -0.25) is 4.79 Å². The topological polar surface area (TPSA) is 35.5 Å². The molecular formula is C16H10BrFO3. The van der Waals surface area contributed by atoms with Crippen LogP contribution in [-0.2, 0) is 0 Å². The summed E-state index contributed by atoms with van der Waals surface area (Å²) in [4.78, 5) is 12.0. The molecule has 106 valence electrons. The minimum atomic E-state index is -0.529. The van der Waals surface area contributed by atoms with E-state index in [4.69, 9.17) is 9.47 Å². The van der Waals surface area contributed by atoms with Gasteiger partial charge in [0.1, 0.15) is 5.82 Å². The van der Waals surface area contributed by atoms with Crippen molar-refractivity contribution < 1.29 is 18.7 Å². The minimum absolute atomic E-state index is 0.0496. The molecule has 1 aliphatic heterocycles. The van der Waals surface area contributed by atoms with Gasteiger partial charge in [-0.05, 0) is 51.8 Å². The van der Waals surface area contributed by atoms with Crippen LogP contribution in [0.3, 0.4) is 0 Å². The molecule has 0 radical (unpaired) electrons. The lowest BCUT2D eigenvalue weighted by atomic mass is 10.1. The molecule has 1 aliphatic rings. The first-order valence-corrected chi connectivity index (χ1v) is 7.00. The Bertz CT molecular complexity index is 740. The van der Waals surface area contributed by atoms with E-state index in [2.05, 4.69) is 15.9 Å². The van der Waals surface area contributed by atoms with E-state index < -0.39 is 5.82 Å². The largest absolute Gasteiger partial charge is 0.454 e. The van der Waals surface area contributed by atoms with Crippen LogP contribution in [-0.4, -0.2) is 12.6 Å². The fourth-order valence-corrected chi connectivity index (χ4v) is 2.58. The minimum Gasteiger partial charge on any atom is -0.454 e. The summed E-state index contributed by atoms with van der Waals surface area (Å²) in [5, 5.41) is 0. The summed E-state index contributed by atoms with van der Waals surface area (Å²) < 4.78 is 24.8. The quantitative estimate of drug-likeness (QED) is 0.615. The molecule has 0 spiro atoms. The Morgan fingerprint density at radius 2 is 2.05 bits per heavy atom. The van der Waals surface area contributed by atoms with Crippen molar-refractivity contribution in [2.75, 3.05) is 6.79 Å². The first-order chi connectivity index (χ1) is 10.1. The zero-order chi connectivity index (χ0) is 14.8. The molecule has 0 atom stereocenters. The van der Waals surface area contributed by atoms with Gasteiger partial charge in [0.05, 0.1) is 10.0 Å². The summed E-state index contributed by atoms with van der Waals surface area (Å²) in [6.45, 7) is 0.176. The highest BCUT2D eigenvalue weighted by atomic mass is 79.9. The standard InChI is InChI=1S/C16H10BrFO3/c17-12-7-10(8-15-16(12)21-9-20-15)5-6-14(19)11-3-1-2-4-13(11)18/h1-8H,9H2/b6-5+. The van der Waals surface area contributed by atoms with Crippen molar-refractivity contribution in [3.8, 4) is 11.5 Å². The molecule has 2 aromatic carbocycles. The van der Waals surface area contributed by atoms with E-state index in [0.29, 0.717) is 11.5 Å². The Kier molecular flexibility index (Phi) is 3.75. The van der Waals surface area contributed by atoms with E-state index in [1.165, 1.54) is 18.2 Å². The molecule has 0 unspecified atom stereocenters. The molecular weight excluding hydrogens is 339 g/mol. The van der Waals surface area contributed by atoms with Crippen molar-refractivity contribution in [2.24, 2.45) is 0 Å². The lowest BCUT2D eigenvalue weighted by molar-refractivity contribution is 0.104. The third kappa shape index (κ3) is 2.83. The summed E-state index contributed by atoms with van der Waals surface area (Å²) in [5.41, 5.74) is 0.810. The molecule has 0 aliphatic carbocycles. The molecule has 0 bridgehead atoms. The Labute approximate surface area is 129 Å². The number of hydrogen-bond donors (Lipinski definition) is 0. The zero-order valence-corrected chi connectivity index (χ0v) is 12.4. The van der Waals surface area contributed by atoms with Gasteiger partial charge in [-0.25, -0.2) is 4.39 Å². The summed E-state index contributed by atoms with van der Waals surface area (Å²) in [6.07, 6.45) is 2.95. The van der Waals surface area contributed by atoms with Crippen LogP contribution >= 0.6 is 15.9 Å². The van der Waals surface area contributed by atoms with Gasteiger partial charge in [0.25, 0.3) is 0 Å². The Hall–Kier alpha value is -2.14. The van der Waals surface area contributed by atoms with E-state index in [1.54, 1.807) is 30.3 Å². The average molecular weight is 349 g/mol. The molecule has 0 saturated carbocycles. The predicted octanol–water partition coefficient (Wildman–Crippen LogP) is 4.21. The Balaban J connectivity index is 1.85. The molecule has 1 heterocycles. The number of allylic oxidation sites excluding steroid dienone is 1. The molecule has 5 heteroatoms. The van der Waals surface area contributed by atoms with Crippen molar-refractivity contribution in [3.63, 3.8) is 0 Å². The Morgan fingerprint density at radius 1 is 1.24 bits per heavy atom. The van der Waals surface area contributed by atoms with Gasteiger partial charge in [0, 0.05) is 0 Å². The fraction of sp³-hybridized carbons (Fsp3) is 0.0625. The number of benzene rings is 2. The van der Waals surface area contributed by atoms with Gasteiger partial charge in [-0.15, -0.1) is 0 Å². The van der Waals surface area contributed by atoms with Crippen LogP contribution in [0.15, 0.2) is 46.9 Å². The van der Waals surface area contributed by atoms with Gasteiger partial charge in [-0.1, -0.05) is 18.2 Å². The summed E-state index contributed by atoms with van der Waals surface area (Å²) in [6, 6.07) is 9.46. The SMILES string of the molecule is O=C(/C=C/c1cc(Br)c2c(c1)OCO2)c1ccccc1F. The van der Waals surface area contributed by atoms with Crippen molar-refractivity contribution in [3.05, 3.63) is 63.9 Å². The van der Waals surface area contributed by atoms with Crippen LogP contribution in [0.25, 0.3) is 6.08 Å². The number of carbonyl (C=O) groups is 1. The number of fused-ring (bicyclic) bond motifs is 1. The van der Waals surface area contributed by atoms with Gasteiger partial charge in [-0.2, -0.15) is 0 Å². The molecule has 0 aromatic heterocycles. The molecule has 0 saturated heterocycles. The number of ketones is 1. The molecule has 0 fully saturated rings. The predicted molar refractivity (Wildman–Crippen MR) is 80.0 cm³/mol. The maximum absolute atomic E-state index is 13.5. The van der Waals surface area contributed by atoms with Crippen LogP contribution in [0.4, 0.5) is 4.39 Å². The lowest BCUT2D eigenvalue weighted by Gasteiger charge is -2.01. The normalized spacial score (nSPS) is 12.9. The molecule has 2 aromatic rings. The van der Waals surface area contributed by atoms with Crippen molar-refractivity contribution in [1.82, 2.24) is 0 Å². The molecule has 0 amide bonds. The smallest absolute Gasteiger partial charge is 0.231 e. The average Bonchev–Trinajstić information content (AvgIpc) is 2.94. The number of halogens is 2. The second-order valence-corrected chi connectivity index (χ2v) is 5.27. The van der Waals surface area contributed by atoms with E-state index >= 15 is 0 Å². The van der Waals surface area contributed by atoms with Crippen LogP contribution < -0.4 is 9.47 Å². The second kappa shape index (κ2) is 5.69. The number of hydrogen-bond acceptors (Lipinski definition) is 3. The summed E-state index contributed by atoms with van der Waals surface area (Å²) in [5.74, 6) is 0.343. The molecule has 0 N–H and O–H groups in total. The zero-order valence-electron chi connectivity index (χ0n) is 10.8. The van der Waals surface area contributed by atoms with Crippen LogP contribution in [0.2, 0.25) is 0 Å². The van der Waals surface area contributed by atoms with Crippen molar-refractivity contribution in [2.45, 2.75) is 0 Å². The second-order valence-electron chi connectivity index (χ2n) is 4.41. The van der Waals surface area contributed by atoms with E-state index in [-0.39, 0.29) is 18.1 Å². The highest BCUT2D eigenvalue weighted by Gasteiger charge is 2.17. The first-order valence-electron chi connectivity index (χ1n) is 6.21. The number of rotatable bonds is 3. The molecule has 21 heavy (non-hydrogen) atoms. The van der Waals surface area contributed by atoms with Crippen LogP contribution in [0, 0.1) is 5.82 Å². The lowest BCUT2D eigenvalue weighted by Crippen LogP contribution is -1.97. The highest BCUT2D eigenvalue weighted by molar-refractivity contribution is 9.10. The summed E-state index contributed by atoms with van der Waals surface area (Å²) >= 11 is 3.38. The first kappa shape index (κ1) is 13.8. The van der Waals surface area contributed by atoms with Gasteiger partial charge in [0.2, 0.25) is 6.79 Å². The van der Waals surface area contributed by atoms with E-state index in [0.717, 1.165) is 10.0 Å². The maximum Gasteiger partial charge on any atom is 0.231 e. The van der Waals surface area contributed by atoms with Gasteiger partial charge < -0.3 is 9.47 Å². The monoisotopic (exact) mass is 348 g/mol. The van der Waals surface area contributed by atoms with Gasteiger partial charge >= 0.3 is 0 Å². The number of ether oxygens (including phenoxy) is 2. The number of carbonyl (C=O) groups excluding carboxylic acids is 1. The summed E-state index contributed by atoms with van der Waals surface area (Å²) in [7, 11) is 0. The van der Waals surface area contributed by atoms with Gasteiger partial charge in [0.15, 0.2) is 17.3 Å². The maximum atomic E-state index is 13.5. The Morgan fingerprint density at radius 3 is 2.86 bits per heavy atom. The third-order valence-electron chi connectivity index (χ3n) is 3.02. The van der Waals surface area contributed by atoms with E-state index in [1.807, 2.05) is 0 Å². The highest BCUT2D eigenvalue weighted by Crippen LogP contribution is 2.40. The molecule has 3 nitrogen and oxygen atoms in total. The third-order valence-corrected chi connectivity index (χ3v) is 3.61. The van der Waals surface area contributed by atoms with E-state index in [9.17, 15) is 9.18 Å². The van der Waals surface area contributed by atoms with Crippen molar-refractivity contribution in [1.29, 1.82) is 0 Å².